The van der Waals surface area contributed by atoms with Crippen LogP contribution >= 0.6 is 0 Å². The summed E-state index contributed by atoms with van der Waals surface area (Å²) in [5.74, 6) is -1.23. The van der Waals surface area contributed by atoms with E-state index in [1.54, 1.807) is 6.92 Å². The van der Waals surface area contributed by atoms with Gasteiger partial charge in [0.2, 0.25) is 5.91 Å². The number of carbonyl (C=O) groups is 2. The zero-order chi connectivity index (χ0) is 10.9. The van der Waals surface area contributed by atoms with Crippen LogP contribution in [-0.4, -0.2) is 28.6 Å². The second-order valence-corrected chi connectivity index (χ2v) is 4.09. The molecule has 4 N–H and O–H groups in total. The highest BCUT2D eigenvalue weighted by atomic mass is 16.4. The molecular weight excluding hydrogens is 184 g/mol. The minimum atomic E-state index is -1.05. The average molecular weight is 200 g/mol. The summed E-state index contributed by atoms with van der Waals surface area (Å²) >= 11 is 0. The number of rotatable bonds is 4. The molecule has 2 unspecified atom stereocenters. The highest BCUT2D eigenvalue weighted by Crippen LogP contribution is 2.38. The standard InChI is InChI=1S/C9H16N2O3/c1-5(7(12)13)11-8(14)9(2,10)6-3-4-6/h5-6H,3-4,10H2,1-2H3,(H,11,14)(H,12,13). The van der Waals surface area contributed by atoms with Crippen molar-refractivity contribution in [3.8, 4) is 0 Å². The fraction of sp³-hybridized carbons (Fsp3) is 0.778. The Morgan fingerprint density at radius 3 is 2.43 bits per heavy atom. The van der Waals surface area contributed by atoms with Crippen molar-refractivity contribution < 1.29 is 14.7 Å². The molecule has 1 fully saturated rings. The van der Waals surface area contributed by atoms with Crippen molar-refractivity contribution in [2.24, 2.45) is 11.7 Å². The maximum Gasteiger partial charge on any atom is 0.325 e. The molecular formula is C9H16N2O3. The summed E-state index contributed by atoms with van der Waals surface area (Å²) in [6, 6.07) is -0.885. The van der Waals surface area contributed by atoms with Gasteiger partial charge in [0.05, 0.1) is 5.54 Å². The molecule has 5 heteroatoms. The number of hydrogen-bond donors (Lipinski definition) is 3. The number of nitrogens with two attached hydrogens (primary N) is 1. The molecule has 0 aromatic heterocycles. The van der Waals surface area contributed by atoms with Gasteiger partial charge in [0, 0.05) is 0 Å². The third-order valence-corrected chi connectivity index (χ3v) is 2.63. The maximum absolute atomic E-state index is 11.6. The zero-order valence-corrected chi connectivity index (χ0v) is 8.41. The van der Waals surface area contributed by atoms with Crippen LogP contribution < -0.4 is 11.1 Å². The van der Waals surface area contributed by atoms with E-state index in [9.17, 15) is 9.59 Å². The van der Waals surface area contributed by atoms with E-state index in [1.165, 1.54) is 6.92 Å². The Morgan fingerprint density at radius 1 is 1.57 bits per heavy atom. The third kappa shape index (κ3) is 2.23. The number of nitrogens with one attached hydrogen (secondary N) is 1. The van der Waals surface area contributed by atoms with Crippen molar-refractivity contribution in [1.82, 2.24) is 5.32 Å². The Kier molecular flexibility index (Phi) is 2.80. The van der Waals surface area contributed by atoms with Crippen LogP contribution in [0, 0.1) is 5.92 Å². The molecule has 1 aliphatic rings. The van der Waals surface area contributed by atoms with Crippen molar-refractivity contribution in [1.29, 1.82) is 0 Å². The Hall–Kier alpha value is -1.10. The van der Waals surface area contributed by atoms with E-state index in [0.29, 0.717) is 0 Å². The molecule has 1 rings (SSSR count). The molecule has 0 radical (unpaired) electrons. The second-order valence-electron chi connectivity index (χ2n) is 4.09. The Bertz CT molecular complexity index is 259. The lowest BCUT2D eigenvalue weighted by molar-refractivity contribution is -0.142. The van der Waals surface area contributed by atoms with Gasteiger partial charge in [-0.15, -0.1) is 0 Å². The molecule has 1 aliphatic carbocycles. The van der Waals surface area contributed by atoms with Crippen molar-refractivity contribution in [2.45, 2.75) is 38.3 Å². The quantitative estimate of drug-likeness (QED) is 0.581. The minimum Gasteiger partial charge on any atom is -0.480 e. The molecule has 0 saturated heterocycles. The lowest BCUT2D eigenvalue weighted by Crippen LogP contribution is -2.56. The van der Waals surface area contributed by atoms with Crippen molar-refractivity contribution in [3.05, 3.63) is 0 Å². The monoisotopic (exact) mass is 200 g/mol. The van der Waals surface area contributed by atoms with Gasteiger partial charge in [-0.2, -0.15) is 0 Å². The lowest BCUT2D eigenvalue weighted by Gasteiger charge is -2.24. The lowest BCUT2D eigenvalue weighted by atomic mass is 9.96. The molecule has 0 bridgehead atoms. The van der Waals surface area contributed by atoms with Gasteiger partial charge < -0.3 is 16.2 Å². The van der Waals surface area contributed by atoms with E-state index >= 15 is 0 Å². The van der Waals surface area contributed by atoms with Crippen LogP contribution in [0.3, 0.4) is 0 Å². The van der Waals surface area contributed by atoms with E-state index in [1.807, 2.05) is 0 Å². The number of hydrogen-bond acceptors (Lipinski definition) is 3. The Balaban J connectivity index is 2.52. The molecule has 0 heterocycles. The third-order valence-electron chi connectivity index (χ3n) is 2.63. The largest absolute Gasteiger partial charge is 0.480 e. The first-order valence-electron chi connectivity index (χ1n) is 4.68. The minimum absolute atomic E-state index is 0.198. The van der Waals surface area contributed by atoms with Crippen LogP contribution in [-0.2, 0) is 9.59 Å². The van der Waals surface area contributed by atoms with Crippen molar-refractivity contribution in [2.75, 3.05) is 0 Å². The number of carboxylic acids is 1. The van der Waals surface area contributed by atoms with Gasteiger partial charge in [-0.1, -0.05) is 0 Å². The van der Waals surface area contributed by atoms with Crippen LogP contribution in [0.5, 0.6) is 0 Å². The molecule has 5 nitrogen and oxygen atoms in total. The predicted molar refractivity (Wildman–Crippen MR) is 50.6 cm³/mol. The second kappa shape index (κ2) is 3.57. The summed E-state index contributed by atoms with van der Waals surface area (Å²) in [7, 11) is 0. The Labute approximate surface area is 82.7 Å². The average Bonchev–Trinajstić information content (AvgIpc) is 2.85. The fourth-order valence-corrected chi connectivity index (χ4v) is 1.28. The predicted octanol–water partition coefficient (Wildman–Crippen LogP) is -0.297. The summed E-state index contributed by atoms with van der Waals surface area (Å²) in [6.45, 7) is 3.07. The summed E-state index contributed by atoms with van der Waals surface area (Å²) in [4.78, 5) is 22.1. The molecule has 1 amide bonds. The SMILES string of the molecule is CC(NC(=O)C(C)(N)C1CC1)C(=O)O. The van der Waals surface area contributed by atoms with Gasteiger partial charge >= 0.3 is 5.97 Å². The highest BCUT2D eigenvalue weighted by molar-refractivity contribution is 5.90. The van der Waals surface area contributed by atoms with Crippen LogP contribution in [0.25, 0.3) is 0 Å². The maximum atomic E-state index is 11.6. The van der Waals surface area contributed by atoms with Gasteiger partial charge in [-0.05, 0) is 32.6 Å². The topological polar surface area (TPSA) is 92.4 Å². The van der Waals surface area contributed by atoms with E-state index < -0.39 is 17.6 Å². The van der Waals surface area contributed by atoms with Crippen LogP contribution in [0.2, 0.25) is 0 Å². The molecule has 2 atom stereocenters. The summed E-state index contributed by atoms with van der Waals surface area (Å²) < 4.78 is 0. The Morgan fingerprint density at radius 2 is 2.07 bits per heavy atom. The fourth-order valence-electron chi connectivity index (χ4n) is 1.28. The number of amides is 1. The first kappa shape index (κ1) is 11.0. The smallest absolute Gasteiger partial charge is 0.325 e. The summed E-state index contributed by atoms with van der Waals surface area (Å²) in [6.07, 6.45) is 1.89. The molecule has 0 aliphatic heterocycles. The summed E-state index contributed by atoms with van der Waals surface area (Å²) in [5.41, 5.74) is 4.88. The number of carboxylic acid groups (broad SMARTS) is 1. The molecule has 14 heavy (non-hydrogen) atoms. The normalized spacial score (nSPS) is 22.2. The number of aliphatic carboxylic acids is 1. The van der Waals surface area contributed by atoms with E-state index in [-0.39, 0.29) is 11.8 Å². The molecule has 1 saturated carbocycles. The van der Waals surface area contributed by atoms with E-state index in [2.05, 4.69) is 5.32 Å². The highest BCUT2D eigenvalue weighted by Gasteiger charge is 2.44. The van der Waals surface area contributed by atoms with Gasteiger partial charge in [-0.3, -0.25) is 9.59 Å². The van der Waals surface area contributed by atoms with Gasteiger partial charge in [0.25, 0.3) is 0 Å². The first-order chi connectivity index (χ1) is 6.35. The van der Waals surface area contributed by atoms with Gasteiger partial charge in [0.15, 0.2) is 0 Å². The van der Waals surface area contributed by atoms with E-state index in [0.717, 1.165) is 12.8 Å². The van der Waals surface area contributed by atoms with Crippen LogP contribution in [0.15, 0.2) is 0 Å². The van der Waals surface area contributed by atoms with Gasteiger partial charge in [-0.25, -0.2) is 0 Å². The first-order valence-corrected chi connectivity index (χ1v) is 4.68. The molecule has 0 spiro atoms. The van der Waals surface area contributed by atoms with E-state index in [4.69, 9.17) is 10.8 Å². The zero-order valence-electron chi connectivity index (χ0n) is 8.41. The summed E-state index contributed by atoms with van der Waals surface area (Å²) in [5, 5.41) is 11.0. The molecule has 0 aromatic carbocycles. The van der Waals surface area contributed by atoms with Crippen LogP contribution in [0.4, 0.5) is 0 Å². The van der Waals surface area contributed by atoms with Crippen molar-refractivity contribution >= 4 is 11.9 Å². The van der Waals surface area contributed by atoms with Crippen LogP contribution in [0.1, 0.15) is 26.7 Å². The molecule has 80 valence electrons. The molecule has 0 aromatic rings. The van der Waals surface area contributed by atoms with Gasteiger partial charge in [0.1, 0.15) is 6.04 Å². The van der Waals surface area contributed by atoms with Crippen molar-refractivity contribution in [3.63, 3.8) is 0 Å². The number of carbonyl (C=O) groups excluding carboxylic acids is 1.